The summed E-state index contributed by atoms with van der Waals surface area (Å²) in [5.41, 5.74) is 3.70. The van der Waals surface area contributed by atoms with Crippen molar-refractivity contribution in [3.05, 3.63) is 95.0 Å². The number of thioether (sulfide) groups is 1. The molecule has 1 aromatic carbocycles. The van der Waals surface area contributed by atoms with Gasteiger partial charge in [-0.1, -0.05) is 36.0 Å². The number of halogens is 1. The Bertz CT molecular complexity index is 1060. The quantitative estimate of drug-likeness (QED) is 0.385. The van der Waals surface area contributed by atoms with Crippen molar-refractivity contribution < 1.29 is 8.81 Å². The smallest absolute Gasteiger partial charge is 0.191 e. The Hall–Kier alpha value is -2.93. The van der Waals surface area contributed by atoms with Gasteiger partial charge in [-0.25, -0.2) is 4.39 Å². The molecule has 0 atom stereocenters. The Balaban J connectivity index is 1.57. The van der Waals surface area contributed by atoms with Gasteiger partial charge in [-0.3, -0.25) is 9.55 Å². The monoisotopic (exact) mass is 408 g/mol. The topological polar surface area (TPSA) is 56.7 Å². The molecule has 3 aromatic heterocycles. The second kappa shape index (κ2) is 9.05. The highest BCUT2D eigenvalue weighted by molar-refractivity contribution is 7.98. The van der Waals surface area contributed by atoms with Gasteiger partial charge in [0.25, 0.3) is 0 Å². The van der Waals surface area contributed by atoms with E-state index in [1.807, 2.05) is 55.5 Å². The van der Waals surface area contributed by atoms with Gasteiger partial charge in [-0.05, 0) is 47.9 Å². The van der Waals surface area contributed by atoms with E-state index in [0.717, 1.165) is 39.1 Å². The maximum absolute atomic E-state index is 13.2. The highest BCUT2D eigenvalue weighted by Crippen LogP contribution is 2.25. The first-order chi connectivity index (χ1) is 14.2. The summed E-state index contributed by atoms with van der Waals surface area (Å²) in [6, 6.07) is 15.6. The van der Waals surface area contributed by atoms with Crippen LogP contribution in [0.25, 0.3) is 0 Å². The van der Waals surface area contributed by atoms with Crippen LogP contribution in [0.15, 0.2) is 70.6 Å². The number of benzene rings is 1. The maximum atomic E-state index is 13.2. The number of aromatic nitrogens is 4. The Kier molecular flexibility index (Phi) is 6.05. The van der Waals surface area contributed by atoms with E-state index in [9.17, 15) is 4.39 Å². The third kappa shape index (κ3) is 4.74. The Labute approximate surface area is 173 Å². The number of hydrogen-bond donors (Lipinski definition) is 0. The number of alkyl halides is 1. The number of furan rings is 1. The molecule has 0 bridgehead atoms. The maximum Gasteiger partial charge on any atom is 0.191 e. The molecule has 0 unspecified atom stereocenters. The van der Waals surface area contributed by atoms with E-state index in [4.69, 9.17) is 4.42 Å². The summed E-state index contributed by atoms with van der Waals surface area (Å²) in [4.78, 5) is 4.40. The molecular formula is C22H21FN4OS. The van der Waals surface area contributed by atoms with Crippen LogP contribution >= 0.6 is 11.8 Å². The third-order valence-corrected chi connectivity index (χ3v) is 5.72. The van der Waals surface area contributed by atoms with Gasteiger partial charge in [0.05, 0.1) is 19.2 Å². The predicted octanol–water partition coefficient (Wildman–Crippen LogP) is 4.98. The van der Waals surface area contributed by atoms with E-state index in [-0.39, 0.29) is 0 Å². The lowest BCUT2D eigenvalue weighted by Crippen LogP contribution is -2.07. The minimum absolute atomic E-state index is 0.451. The van der Waals surface area contributed by atoms with E-state index < -0.39 is 6.67 Å². The van der Waals surface area contributed by atoms with Crippen molar-refractivity contribution in [2.24, 2.45) is 0 Å². The van der Waals surface area contributed by atoms with Crippen LogP contribution in [0.2, 0.25) is 0 Å². The van der Waals surface area contributed by atoms with Crippen molar-refractivity contribution in [1.82, 2.24) is 19.7 Å². The summed E-state index contributed by atoms with van der Waals surface area (Å²) in [7, 11) is 0. The molecule has 7 heteroatoms. The van der Waals surface area contributed by atoms with Crippen molar-refractivity contribution in [3.8, 4) is 0 Å². The average Bonchev–Trinajstić information content (AvgIpc) is 3.39. The Morgan fingerprint density at radius 2 is 2.03 bits per heavy atom. The van der Waals surface area contributed by atoms with Gasteiger partial charge < -0.3 is 4.42 Å². The first-order valence-corrected chi connectivity index (χ1v) is 10.3. The number of pyridine rings is 1. The number of nitrogens with zero attached hydrogens (tertiary/aromatic N) is 4. The molecule has 0 N–H and O–H groups in total. The van der Waals surface area contributed by atoms with Crippen LogP contribution in [0.4, 0.5) is 4.39 Å². The van der Waals surface area contributed by atoms with Gasteiger partial charge in [-0.2, -0.15) is 0 Å². The predicted molar refractivity (Wildman–Crippen MR) is 110 cm³/mol. The minimum Gasteiger partial charge on any atom is -0.467 e. The second-order valence-corrected chi connectivity index (χ2v) is 7.69. The van der Waals surface area contributed by atoms with Crippen LogP contribution in [-0.2, 0) is 25.4 Å². The summed E-state index contributed by atoms with van der Waals surface area (Å²) in [6.07, 6.45) is 4.03. The fourth-order valence-electron chi connectivity index (χ4n) is 3.04. The molecule has 3 heterocycles. The summed E-state index contributed by atoms with van der Waals surface area (Å²) < 4.78 is 20.8. The van der Waals surface area contributed by atoms with Crippen molar-refractivity contribution >= 4 is 11.8 Å². The van der Waals surface area contributed by atoms with Crippen molar-refractivity contribution in [3.63, 3.8) is 0 Å². The molecule has 0 amide bonds. The molecule has 0 aliphatic rings. The van der Waals surface area contributed by atoms with Crippen LogP contribution in [0.5, 0.6) is 0 Å². The summed E-state index contributed by atoms with van der Waals surface area (Å²) in [5, 5.41) is 9.60. The molecule has 29 heavy (non-hydrogen) atoms. The number of hydrogen-bond acceptors (Lipinski definition) is 5. The molecule has 148 valence electrons. The first kappa shape index (κ1) is 19.4. The molecule has 0 saturated heterocycles. The average molecular weight is 409 g/mol. The SMILES string of the molecule is Cc1ccc(CSc2nnc(Cc3ccccn3)n2Cc2ccco2)cc1CF. The largest absolute Gasteiger partial charge is 0.467 e. The summed E-state index contributed by atoms with van der Waals surface area (Å²) in [5.74, 6) is 2.35. The molecule has 4 rings (SSSR count). The lowest BCUT2D eigenvalue weighted by Gasteiger charge is -2.09. The number of aryl methyl sites for hydroxylation is 1. The van der Waals surface area contributed by atoms with E-state index in [1.54, 1.807) is 24.2 Å². The van der Waals surface area contributed by atoms with E-state index >= 15 is 0 Å². The first-order valence-electron chi connectivity index (χ1n) is 9.34. The third-order valence-electron chi connectivity index (χ3n) is 4.68. The summed E-state index contributed by atoms with van der Waals surface area (Å²) >= 11 is 1.58. The van der Waals surface area contributed by atoms with Crippen LogP contribution in [-0.4, -0.2) is 19.7 Å². The van der Waals surface area contributed by atoms with E-state index in [2.05, 4.69) is 19.7 Å². The standard InChI is InChI=1S/C22H21FN4OS/c1-16-7-8-17(11-18(16)13-23)15-29-22-26-25-21(12-19-5-2-3-9-24-19)27(22)14-20-6-4-10-28-20/h2-11H,12-15H2,1H3. The highest BCUT2D eigenvalue weighted by atomic mass is 32.2. The normalized spacial score (nSPS) is 11.1. The van der Waals surface area contributed by atoms with Crippen LogP contribution in [0, 0.1) is 6.92 Å². The molecular weight excluding hydrogens is 387 g/mol. The van der Waals surface area contributed by atoms with Crippen LogP contribution < -0.4 is 0 Å². The molecule has 0 saturated carbocycles. The van der Waals surface area contributed by atoms with E-state index in [0.29, 0.717) is 18.7 Å². The zero-order valence-corrected chi connectivity index (χ0v) is 16.9. The van der Waals surface area contributed by atoms with Crippen LogP contribution in [0.1, 0.15) is 34.0 Å². The van der Waals surface area contributed by atoms with Gasteiger partial charge >= 0.3 is 0 Å². The molecule has 0 aliphatic heterocycles. The zero-order valence-electron chi connectivity index (χ0n) is 16.1. The van der Waals surface area contributed by atoms with Crippen molar-refractivity contribution in [2.45, 2.75) is 37.5 Å². The zero-order chi connectivity index (χ0) is 20.1. The fraction of sp³-hybridized carbons (Fsp3) is 0.227. The van der Waals surface area contributed by atoms with Crippen LogP contribution in [0.3, 0.4) is 0 Å². The molecule has 4 aromatic rings. The lowest BCUT2D eigenvalue weighted by atomic mass is 10.1. The van der Waals surface area contributed by atoms with E-state index in [1.165, 1.54) is 0 Å². The molecule has 0 radical (unpaired) electrons. The minimum atomic E-state index is -0.451. The fourth-order valence-corrected chi connectivity index (χ4v) is 3.94. The van der Waals surface area contributed by atoms with Gasteiger partial charge in [0.15, 0.2) is 5.16 Å². The molecule has 0 aliphatic carbocycles. The van der Waals surface area contributed by atoms with Gasteiger partial charge in [0.2, 0.25) is 0 Å². The lowest BCUT2D eigenvalue weighted by molar-refractivity contribution is 0.479. The van der Waals surface area contributed by atoms with Gasteiger partial charge in [-0.15, -0.1) is 10.2 Å². The van der Waals surface area contributed by atoms with Gasteiger partial charge in [0.1, 0.15) is 18.3 Å². The molecule has 0 spiro atoms. The summed E-state index contributed by atoms with van der Waals surface area (Å²) in [6.45, 7) is 2.02. The Morgan fingerprint density at radius 1 is 1.10 bits per heavy atom. The second-order valence-electron chi connectivity index (χ2n) is 6.75. The highest BCUT2D eigenvalue weighted by Gasteiger charge is 2.15. The number of rotatable bonds is 8. The van der Waals surface area contributed by atoms with Gasteiger partial charge in [0, 0.05) is 17.6 Å². The van der Waals surface area contributed by atoms with Crippen molar-refractivity contribution in [1.29, 1.82) is 0 Å². The Morgan fingerprint density at radius 3 is 2.79 bits per heavy atom. The molecule has 0 fully saturated rings. The van der Waals surface area contributed by atoms with Crippen molar-refractivity contribution in [2.75, 3.05) is 0 Å². The molecule has 5 nitrogen and oxygen atoms in total.